The zero-order valence-electron chi connectivity index (χ0n) is 20.2. The fourth-order valence-electron chi connectivity index (χ4n) is 8.17. The Morgan fingerprint density at radius 1 is 0.531 bits per heavy atom. The van der Waals surface area contributed by atoms with Crippen LogP contribution in [0.1, 0.15) is 110 Å². The second-order valence-electron chi connectivity index (χ2n) is 12.1. The highest BCUT2D eigenvalue weighted by atomic mass is 19.2. The molecule has 0 aliphatic heterocycles. The molecule has 186 valence electrons. The van der Waals surface area contributed by atoms with Gasteiger partial charge in [-0.2, -0.15) is 0 Å². The first-order valence-corrected chi connectivity index (χ1v) is 14.0. The highest BCUT2D eigenvalue weighted by Crippen LogP contribution is 2.49. The number of halogens is 4. The van der Waals surface area contributed by atoms with Crippen LogP contribution in [-0.2, 0) is 0 Å². The quantitative estimate of drug-likeness (QED) is 0.348. The van der Waals surface area contributed by atoms with Gasteiger partial charge in [0.2, 0.25) is 0 Å². The summed E-state index contributed by atoms with van der Waals surface area (Å²) in [6.45, 7) is 2.29. The van der Waals surface area contributed by atoms with E-state index in [1.807, 2.05) is 0 Å². The van der Waals surface area contributed by atoms with Crippen LogP contribution in [-0.4, -0.2) is 24.7 Å². The van der Waals surface area contributed by atoms with Crippen LogP contribution in [0, 0.1) is 41.4 Å². The molecule has 0 amide bonds. The molecule has 0 aromatic carbocycles. The highest BCUT2D eigenvalue weighted by molar-refractivity contribution is 4.95. The minimum atomic E-state index is -2.01. The van der Waals surface area contributed by atoms with E-state index in [0.717, 1.165) is 30.6 Å². The van der Waals surface area contributed by atoms with Gasteiger partial charge in [-0.05, 0) is 112 Å². The molecule has 0 saturated heterocycles. The number of unbranched alkanes of at least 4 members (excludes halogenated alkanes) is 1. The standard InChI is InChI=1S/C28H46F4/c1-2-3-4-18-5-7-19(8-6-18)20-9-11-21(12-10-20)22-13-14-24(25(29)15-22)23-16-26(30)28(32)27(31)17-23/h18-28H,2-17H2,1H3. The summed E-state index contributed by atoms with van der Waals surface area (Å²) in [5, 5.41) is 0. The number of hydrogen-bond acceptors (Lipinski definition) is 0. The molecule has 5 atom stereocenters. The number of rotatable bonds is 6. The third-order valence-corrected chi connectivity index (χ3v) is 10.2. The van der Waals surface area contributed by atoms with E-state index in [2.05, 4.69) is 6.92 Å². The van der Waals surface area contributed by atoms with E-state index >= 15 is 4.39 Å². The van der Waals surface area contributed by atoms with Crippen molar-refractivity contribution in [2.24, 2.45) is 41.4 Å². The molecule has 4 aliphatic carbocycles. The Morgan fingerprint density at radius 3 is 1.53 bits per heavy atom. The van der Waals surface area contributed by atoms with Crippen molar-refractivity contribution in [3.63, 3.8) is 0 Å². The molecular weight excluding hydrogens is 412 g/mol. The molecule has 4 heteroatoms. The van der Waals surface area contributed by atoms with E-state index < -0.39 is 24.7 Å². The van der Waals surface area contributed by atoms with Gasteiger partial charge in [0.1, 0.15) is 18.5 Å². The van der Waals surface area contributed by atoms with Gasteiger partial charge in [0.25, 0.3) is 0 Å². The van der Waals surface area contributed by atoms with E-state index in [0.29, 0.717) is 18.3 Å². The van der Waals surface area contributed by atoms with Gasteiger partial charge in [-0.1, -0.05) is 39.0 Å². The summed E-state index contributed by atoms with van der Waals surface area (Å²) in [4.78, 5) is 0. The summed E-state index contributed by atoms with van der Waals surface area (Å²) < 4.78 is 56.4. The third kappa shape index (κ3) is 5.85. The van der Waals surface area contributed by atoms with Gasteiger partial charge in [-0.25, -0.2) is 17.6 Å². The van der Waals surface area contributed by atoms with Crippen LogP contribution in [0.4, 0.5) is 17.6 Å². The van der Waals surface area contributed by atoms with E-state index in [4.69, 9.17) is 0 Å². The van der Waals surface area contributed by atoms with Crippen molar-refractivity contribution in [3.05, 3.63) is 0 Å². The second kappa shape index (κ2) is 11.4. The van der Waals surface area contributed by atoms with Crippen molar-refractivity contribution in [3.8, 4) is 0 Å². The molecule has 0 nitrogen and oxygen atoms in total. The lowest BCUT2D eigenvalue weighted by Crippen LogP contribution is -2.43. The topological polar surface area (TPSA) is 0 Å². The summed E-state index contributed by atoms with van der Waals surface area (Å²) >= 11 is 0. The van der Waals surface area contributed by atoms with E-state index in [-0.39, 0.29) is 24.7 Å². The lowest BCUT2D eigenvalue weighted by molar-refractivity contribution is -0.0292. The molecular formula is C28H46F4. The summed E-state index contributed by atoms with van der Waals surface area (Å²) in [5.74, 6) is 3.25. The Bertz CT molecular complexity index is 540. The molecule has 32 heavy (non-hydrogen) atoms. The van der Waals surface area contributed by atoms with Gasteiger partial charge >= 0.3 is 0 Å². The molecule has 4 aliphatic rings. The minimum Gasteiger partial charge on any atom is -0.247 e. The lowest BCUT2D eigenvalue weighted by atomic mass is 9.62. The molecule has 4 fully saturated rings. The van der Waals surface area contributed by atoms with Crippen LogP contribution in [0.5, 0.6) is 0 Å². The maximum Gasteiger partial charge on any atom is 0.162 e. The van der Waals surface area contributed by atoms with Crippen molar-refractivity contribution >= 4 is 0 Å². The van der Waals surface area contributed by atoms with Gasteiger partial charge in [-0.3, -0.25) is 0 Å². The van der Waals surface area contributed by atoms with Crippen LogP contribution in [0.3, 0.4) is 0 Å². The highest BCUT2D eigenvalue weighted by Gasteiger charge is 2.46. The monoisotopic (exact) mass is 458 g/mol. The Kier molecular flexibility index (Phi) is 8.87. The molecule has 0 radical (unpaired) electrons. The zero-order chi connectivity index (χ0) is 22.7. The molecule has 0 bridgehead atoms. The Morgan fingerprint density at radius 2 is 1.00 bits per heavy atom. The van der Waals surface area contributed by atoms with Gasteiger partial charge in [0, 0.05) is 0 Å². The van der Waals surface area contributed by atoms with Gasteiger partial charge in [-0.15, -0.1) is 0 Å². The van der Waals surface area contributed by atoms with Crippen molar-refractivity contribution in [1.29, 1.82) is 0 Å². The van der Waals surface area contributed by atoms with E-state index in [9.17, 15) is 13.2 Å². The lowest BCUT2D eigenvalue weighted by Gasteiger charge is -2.44. The first-order chi connectivity index (χ1) is 15.5. The van der Waals surface area contributed by atoms with Crippen molar-refractivity contribution in [2.75, 3.05) is 0 Å². The van der Waals surface area contributed by atoms with Gasteiger partial charge < -0.3 is 0 Å². The normalized spacial score (nSPS) is 48.5. The number of hydrogen-bond donors (Lipinski definition) is 0. The first kappa shape index (κ1) is 24.8. The summed E-state index contributed by atoms with van der Waals surface area (Å²) in [7, 11) is 0. The van der Waals surface area contributed by atoms with Gasteiger partial charge in [0.05, 0.1) is 0 Å². The SMILES string of the molecule is CCCCC1CCC(C2CCC(C3CCC(C4CC(F)C(F)C(F)C4)C(F)C3)CC2)CC1. The second-order valence-corrected chi connectivity index (χ2v) is 12.1. The van der Waals surface area contributed by atoms with Crippen LogP contribution in [0.15, 0.2) is 0 Å². The van der Waals surface area contributed by atoms with Crippen LogP contribution < -0.4 is 0 Å². The Hall–Kier alpha value is -0.280. The largest absolute Gasteiger partial charge is 0.247 e. The molecule has 0 aromatic heterocycles. The maximum atomic E-state index is 15.1. The fraction of sp³-hybridized carbons (Fsp3) is 1.00. The minimum absolute atomic E-state index is 0.00311. The Balaban J connectivity index is 1.19. The summed E-state index contributed by atoms with van der Waals surface area (Å²) in [6, 6.07) is 0. The molecule has 0 aromatic rings. The summed E-state index contributed by atoms with van der Waals surface area (Å²) in [6.07, 6.45) is 10.8. The predicted octanol–water partition coefficient (Wildman–Crippen LogP) is 8.97. The predicted molar refractivity (Wildman–Crippen MR) is 124 cm³/mol. The third-order valence-electron chi connectivity index (χ3n) is 10.2. The first-order valence-electron chi connectivity index (χ1n) is 14.0. The zero-order valence-corrected chi connectivity index (χ0v) is 20.2. The average molecular weight is 459 g/mol. The molecule has 0 heterocycles. The fourth-order valence-corrected chi connectivity index (χ4v) is 8.17. The summed E-state index contributed by atoms with van der Waals surface area (Å²) in [5.41, 5.74) is 0. The van der Waals surface area contributed by atoms with Crippen LogP contribution >= 0.6 is 0 Å². The van der Waals surface area contributed by atoms with E-state index in [1.54, 1.807) is 0 Å². The van der Waals surface area contributed by atoms with Crippen molar-refractivity contribution in [2.45, 2.75) is 134 Å². The molecule has 4 rings (SSSR count). The van der Waals surface area contributed by atoms with E-state index in [1.165, 1.54) is 70.6 Å². The molecule has 0 spiro atoms. The van der Waals surface area contributed by atoms with Crippen LogP contribution in [0.25, 0.3) is 0 Å². The Labute approximate surface area is 193 Å². The van der Waals surface area contributed by atoms with Crippen LogP contribution in [0.2, 0.25) is 0 Å². The maximum absolute atomic E-state index is 15.1. The van der Waals surface area contributed by atoms with Gasteiger partial charge in [0.15, 0.2) is 6.17 Å². The molecule has 4 saturated carbocycles. The number of alkyl halides is 4. The smallest absolute Gasteiger partial charge is 0.162 e. The molecule has 5 unspecified atom stereocenters. The molecule has 0 N–H and O–H groups in total. The average Bonchev–Trinajstić information content (AvgIpc) is 2.81. The van der Waals surface area contributed by atoms with Crippen molar-refractivity contribution in [1.82, 2.24) is 0 Å². The van der Waals surface area contributed by atoms with Crippen molar-refractivity contribution < 1.29 is 17.6 Å².